The summed E-state index contributed by atoms with van der Waals surface area (Å²) in [6, 6.07) is 11.9. The van der Waals surface area contributed by atoms with Crippen LogP contribution in [0.1, 0.15) is 25.0 Å². The number of nitrogens with zero attached hydrogens (tertiary/aromatic N) is 1. The summed E-state index contributed by atoms with van der Waals surface area (Å²) >= 11 is 7.47. The number of halogens is 3. The SMILES string of the molecule is CC(C)OC(=O)CN1C(=O)S/C(=C/c2cc(I)c(OCc3ccc(I)cc3)c(I)c2)C1=O. The number of amides is 2. The van der Waals surface area contributed by atoms with Crippen molar-refractivity contribution < 1.29 is 23.9 Å². The van der Waals surface area contributed by atoms with Crippen LogP contribution in [0.3, 0.4) is 0 Å². The predicted octanol–water partition coefficient (Wildman–Crippen LogP) is 6.07. The van der Waals surface area contributed by atoms with Gasteiger partial charge in [-0.15, -0.1) is 0 Å². The Kier molecular flexibility index (Phi) is 9.26. The van der Waals surface area contributed by atoms with Crippen LogP contribution in [-0.4, -0.2) is 34.7 Å². The highest BCUT2D eigenvalue weighted by Gasteiger charge is 2.36. The smallest absolute Gasteiger partial charge is 0.326 e. The van der Waals surface area contributed by atoms with E-state index in [1.165, 1.54) is 3.57 Å². The minimum atomic E-state index is -0.609. The monoisotopic (exact) mass is 789 g/mol. The van der Waals surface area contributed by atoms with Crippen LogP contribution >= 0.6 is 79.5 Å². The first-order valence-corrected chi connectivity index (χ1v) is 13.5. The molecule has 0 unspecified atom stereocenters. The number of ether oxygens (including phenoxy) is 2. The summed E-state index contributed by atoms with van der Waals surface area (Å²) in [6.07, 6.45) is 1.35. The van der Waals surface area contributed by atoms with Gasteiger partial charge in [-0.05, 0) is 135 Å². The first-order chi connectivity index (χ1) is 15.1. The lowest BCUT2D eigenvalue weighted by atomic mass is 10.2. The summed E-state index contributed by atoms with van der Waals surface area (Å²) < 4.78 is 14.0. The Morgan fingerprint density at radius 3 is 2.31 bits per heavy atom. The number of carbonyl (C=O) groups excluding carboxylic acids is 3. The van der Waals surface area contributed by atoms with Gasteiger partial charge in [0.2, 0.25) is 0 Å². The van der Waals surface area contributed by atoms with E-state index in [1.807, 2.05) is 36.4 Å². The number of rotatable bonds is 7. The van der Waals surface area contributed by atoms with E-state index < -0.39 is 17.1 Å². The van der Waals surface area contributed by atoms with Crippen molar-refractivity contribution >= 4 is 103 Å². The van der Waals surface area contributed by atoms with Crippen LogP contribution in [-0.2, 0) is 20.9 Å². The highest BCUT2D eigenvalue weighted by molar-refractivity contribution is 14.1. The van der Waals surface area contributed by atoms with E-state index in [-0.39, 0.29) is 17.6 Å². The van der Waals surface area contributed by atoms with Gasteiger partial charge in [-0.2, -0.15) is 0 Å². The molecule has 0 atom stereocenters. The summed E-state index contributed by atoms with van der Waals surface area (Å²) in [6.45, 7) is 3.49. The molecular formula is C22H18I3NO5S. The zero-order valence-electron chi connectivity index (χ0n) is 17.1. The topological polar surface area (TPSA) is 72.9 Å². The van der Waals surface area contributed by atoms with E-state index in [4.69, 9.17) is 9.47 Å². The van der Waals surface area contributed by atoms with E-state index in [9.17, 15) is 14.4 Å². The molecule has 0 radical (unpaired) electrons. The average Bonchev–Trinajstić information content (AvgIpc) is 2.95. The van der Waals surface area contributed by atoms with Gasteiger partial charge in [0.1, 0.15) is 18.9 Å². The first kappa shape index (κ1) is 25.7. The average molecular weight is 789 g/mol. The molecular weight excluding hydrogens is 771 g/mol. The van der Waals surface area contributed by atoms with Gasteiger partial charge in [0.05, 0.1) is 18.1 Å². The van der Waals surface area contributed by atoms with Crippen LogP contribution < -0.4 is 4.74 Å². The molecule has 10 heteroatoms. The molecule has 0 spiro atoms. The molecule has 0 saturated carbocycles. The lowest BCUT2D eigenvalue weighted by molar-refractivity contribution is -0.149. The molecule has 2 aromatic carbocycles. The second-order valence-corrected chi connectivity index (χ2v) is 11.6. The first-order valence-electron chi connectivity index (χ1n) is 9.45. The highest BCUT2D eigenvalue weighted by atomic mass is 127. The summed E-state index contributed by atoms with van der Waals surface area (Å²) in [7, 11) is 0. The quantitative estimate of drug-likeness (QED) is 0.193. The molecule has 2 amide bonds. The van der Waals surface area contributed by atoms with Crippen molar-refractivity contribution in [3.8, 4) is 5.75 Å². The third kappa shape index (κ3) is 6.82. The number of hydrogen-bond donors (Lipinski definition) is 0. The molecule has 0 aromatic heterocycles. The third-order valence-corrected chi connectivity index (χ3v) is 7.37. The lowest BCUT2D eigenvalue weighted by Crippen LogP contribution is -2.35. The van der Waals surface area contributed by atoms with Gasteiger partial charge >= 0.3 is 5.97 Å². The van der Waals surface area contributed by atoms with Crippen molar-refractivity contribution in [1.29, 1.82) is 0 Å². The van der Waals surface area contributed by atoms with Crippen LogP contribution in [0.15, 0.2) is 41.3 Å². The molecule has 168 valence electrons. The second-order valence-electron chi connectivity index (χ2n) is 7.04. The van der Waals surface area contributed by atoms with Gasteiger partial charge in [-0.3, -0.25) is 19.3 Å². The number of imide groups is 1. The van der Waals surface area contributed by atoms with Gasteiger partial charge < -0.3 is 9.47 Å². The van der Waals surface area contributed by atoms with Crippen molar-refractivity contribution in [2.75, 3.05) is 6.54 Å². The van der Waals surface area contributed by atoms with Crippen LogP contribution in [0.5, 0.6) is 5.75 Å². The Labute approximate surface area is 231 Å². The summed E-state index contributed by atoms with van der Waals surface area (Å²) in [4.78, 5) is 37.9. The Bertz CT molecular complexity index is 1060. The molecule has 1 saturated heterocycles. The molecule has 6 nitrogen and oxygen atoms in total. The highest BCUT2D eigenvalue weighted by Crippen LogP contribution is 2.35. The summed E-state index contributed by atoms with van der Waals surface area (Å²) in [5.41, 5.74) is 1.85. The molecule has 0 N–H and O–H groups in total. The number of thioether (sulfide) groups is 1. The molecule has 2 aromatic rings. The second kappa shape index (κ2) is 11.5. The molecule has 32 heavy (non-hydrogen) atoms. The summed E-state index contributed by atoms with van der Waals surface area (Å²) in [5, 5.41) is -0.483. The standard InChI is InChI=1S/C22H18I3NO5S/c1-12(2)31-19(27)10-26-21(28)18(32-22(26)29)9-14-7-16(24)20(17(25)8-14)30-11-13-3-5-15(23)6-4-13/h3-9,12H,10-11H2,1-2H3/b18-9+. The maximum absolute atomic E-state index is 12.6. The van der Waals surface area contributed by atoms with E-state index in [0.717, 1.165) is 40.7 Å². The van der Waals surface area contributed by atoms with Gasteiger partial charge in [0, 0.05) is 3.57 Å². The Hall–Kier alpha value is -0.870. The van der Waals surface area contributed by atoms with Crippen molar-refractivity contribution in [1.82, 2.24) is 4.90 Å². The van der Waals surface area contributed by atoms with Gasteiger partial charge in [0.25, 0.3) is 11.1 Å². The fourth-order valence-corrected chi connectivity index (χ4v) is 6.08. The third-order valence-electron chi connectivity index (χ3n) is 4.14. The molecule has 1 aliphatic heterocycles. The van der Waals surface area contributed by atoms with E-state index in [1.54, 1.807) is 19.9 Å². The number of benzene rings is 2. The fraction of sp³-hybridized carbons (Fsp3) is 0.227. The molecule has 1 aliphatic rings. The minimum absolute atomic E-state index is 0.270. The number of hydrogen-bond acceptors (Lipinski definition) is 6. The predicted molar refractivity (Wildman–Crippen MR) is 149 cm³/mol. The molecule has 1 heterocycles. The van der Waals surface area contributed by atoms with Crippen molar-refractivity contribution in [3.05, 3.63) is 63.1 Å². The number of carbonyl (C=O) groups is 3. The van der Waals surface area contributed by atoms with Crippen LogP contribution in [0, 0.1) is 10.7 Å². The molecule has 3 rings (SSSR count). The Morgan fingerprint density at radius 1 is 1.09 bits per heavy atom. The van der Waals surface area contributed by atoms with Crippen molar-refractivity contribution in [2.24, 2.45) is 0 Å². The fourth-order valence-electron chi connectivity index (χ4n) is 2.75. The van der Waals surface area contributed by atoms with Crippen molar-refractivity contribution in [2.45, 2.75) is 26.6 Å². The summed E-state index contributed by atoms with van der Waals surface area (Å²) in [5.74, 6) is -0.335. The molecule has 1 fully saturated rings. The normalized spacial score (nSPS) is 15.1. The van der Waals surface area contributed by atoms with Gasteiger partial charge in [0.15, 0.2) is 0 Å². The van der Waals surface area contributed by atoms with E-state index in [2.05, 4.69) is 67.8 Å². The van der Waals surface area contributed by atoms with E-state index >= 15 is 0 Å². The van der Waals surface area contributed by atoms with Crippen molar-refractivity contribution in [3.63, 3.8) is 0 Å². The van der Waals surface area contributed by atoms with Crippen LogP contribution in [0.2, 0.25) is 0 Å². The molecule has 0 bridgehead atoms. The number of esters is 1. The van der Waals surface area contributed by atoms with Crippen LogP contribution in [0.25, 0.3) is 6.08 Å². The zero-order valence-corrected chi connectivity index (χ0v) is 24.4. The minimum Gasteiger partial charge on any atom is -0.487 e. The Morgan fingerprint density at radius 2 is 1.72 bits per heavy atom. The van der Waals surface area contributed by atoms with Gasteiger partial charge in [-0.25, -0.2) is 0 Å². The maximum atomic E-state index is 12.6. The zero-order chi connectivity index (χ0) is 23.4. The van der Waals surface area contributed by atoms with E-state index in [0.29, 0.717) is 6.61 Å². The Balaban J connectivity index is 1.73. The maximum Gasteiger partial charge on any atom is 0.326 e. The van der Waals surface area contributed by atoms with Crippen LogP contribution in [0.4, 0.5) is 4.79 Å². The lowest BCUT2D eigenvalue weighted by Gasteiger charge is -2.13. The molecule has 0 aliphatic carbocycles. The largest absolute Gasteiger partial charge is 0.487 e. The van der Waals surface area contributed by atoms with Gasteiger partial charge in [-0.1, -0.05) is 12.1 Å².